The fraction of sp³-hybridized carbons (Fsp3) is 0.500. The fourth-order valence-corrected chi connectivity index (χ4v) is 7.26. The van der Waals surface area contributed by atoms with Gasteiger partial charge in [-0.1, -0.05) is 12.1 Å². The first kappa shape index (κ1) is 20.8. The van der Waals surface area contributed by atoms with E-state index in [-0.39, 0.29) is 17.9 Å². The van der Waals surface area contributed by atoms with Crippen LogP contribution in [0.2, 0.25) is 0 Å². The van der Waals surface area contributed by atoms with Gasteiger partial charge in [0.2, 0.25) is 5.91 Å². The quantitative estimate of drug-likeness (QED) is 0.616. The van der Waals surface area contributed by atoms with Gasteiger partial charge in [0.15, 0.2) is 0 Å². The highest BCUT2D eigenvalue weighted by molar-refractivity contribution is 6.03. The Morgan fingerprint density at radius 2 is 1.55 bits per heavy atom. The number of carbonyl (C=O) groups is 1. The number of hydrogen-bond donors (Lipinski definition) is 0. The molecule has 0 N–H and O–H groups in total. The first-order chi connectivity index (χ1) is 16.1. The number of methoxy groups -OCH3 is 2. The van der Waals surface area contributed by atoms with Crippen LogP contribution < -0.4 is 9.47 Å². The first-order valence-corrected chi connectivity index (χ1v) is 12.3. The summed E-state index contributed by atoms with van der Waals surface area (Å²) in [5.41, 5.74) is 3.09. The van der Waals surface area contributed by atoms with Crippen molar-refractivity contribution in [2.24, 2.45) is 34.7 Å². The summed E-state index contributed by atoms with van der Waals surface area (Å²) in [5, 5.41) is 6.81. The van der Waals surface area contributed by atoms with Gasteiger partial charge in [0.25, 0.3) is 0 Å². The lowest BCUT2D eigenvalue weighted by Crippen LogP contribution is -2.51. The van der Waals surface area contributed by atoms with Crippen LogP contribution in [0.25, 0.3) is 0 Å². The number of nitrogens with zero attached hydrogens (tertiary/aromatic N) is 2. The summed E-state index contributed by atoms with van der Waals surface area (Å²) < 4.78 is 10.8. The fourth-order valence-electron chi connectivity index (χ4n) is 7.26. The summed E-state index contributed by atoms with van der Waals surface area (Å²) in [6.45, 7) is 0. The molecule has 0 unspecified atom stereocenters. The normalized spacial score (nSPS) is 32.1. The lowest BCUT2D eigenvalue weighted by Gasteiger charge is -2.54. The first-order valence-electron chi connectivity index (χ1n) is 12.3. The third kappa shape index (κ3) is 3.62. The topological polar surface area (TPSA) is 51.1 Å². The molecule has 4 aliphatic carbocycles. The summed E-state index contributed by atoms with van der Waals surface area (Å²) in [7, 11) is 3.36. The third-order valence-corrected chi connectivity index (χ3v) is 8.55. The molecule has 5 nitrogen and oxygen atoms in total. The minimum absolute atomic E-state index is 0.0955. The Balaban J connectivity index is 1.34. The van der Waals surface area contributed by atoms with Crippen molar-refractivity contribution in [3.05, 3.63) is 59.7 Å². The molecule has 0 spiro atoms. The molecule has 172 valence electrons. The Hall–Kier alpha value is -2.82. The average Bonchev–Trinajstić information content (AvgIpc) is 3.29. The van der Waals surface area contributed by atoms with Crippen LogP contribution in [-0.2, 0) is 4.79 Å². The molecule has 0 saturated heterocycles. The number of hydrogen-bond acceptors (Lipinski definition) is 4. The van der Waals surface area contributed by atoms with Crippen LogP contribution in [0.1, 0.15) is 55.7 Å². The van der Waals surface area contributed by atoms with Crippen molar-refractivity contribution in [1.29, 1.82) is 0 Å². The molecule has 33 heavy (non-hydrogen) atoms. The van der Waals surface area contributed by atoms with Gasteiger partial charge in [-0.2, -0.15) is 5.10 Å². The molecule has 0 aromatic heterocycles. The summed E-state index contributed by atoms with van der Waals surface area (Å²) >= 11 is 0. The van der Waals surface area contributed by atoms with Crippen LogP contribution in [0.15, 0.2) is 53.6 Å². The average molecular weight is 445 g/mol. The lowest BCUT2D eigenvalue weighted by molar-refractivity contribution is -0.151. The molecule has 1 aliphatic heterocycles. The van der Waals surface area contributed by atoms with Crippen LogP contribution in [0.4, 0.5) is 0 Å². The van der Waals surface area contributed by atoms with Gasteiger partial charge in [-0.25, -0.2) is 5.01 Å². The van der Waals surface area contributed by atoms with Crippen molar-refractivity contribution in [1.82, 2.24) is 5.01 Å². The van der Waals surface area contributed by atoms with Crippen molar-refractivity contribution in [3.8, 4) is 11.5 Å². The van der Waals surface area contributed by atoms with E-state index in [1.54, 1.807) is 14.2 Å². The molecular weight excluding hydrogens is 412 g/mol. The van der Waals surface area contributed by atoms with Crippen LogP contribution in [-0.4, -0.2) is 30.8 Å². The van der Waals surface area contributed by atoms with E-state index in [0.717, 1.165) is 40.2 Å². The smallest absolute Gasteiger partial charge is 0.246 e. The summed E-state index contributed by atoms with van der Waals surface area (Å²) in [6.07, 6.45) is 7.03. The van der Waals surface area contributed by atoms with Crippen molar-refractivity contribution in [2.75, 3.05) is 14.2 Å². The van der Waals surface area contributed by atoms with Gasteiger partial charge in [-0.15, -0.1) is 0 Å². The second-order valence-corrected chi connectivity index (χ2v) is 10.4. The van der Waals surface area contributed by atoms with Crippen LogP contribution >= 0.6 is 0 Å². The molecule has 5 aliphatic rings. The van der Waals surface area contributed by atoms with Gasteiger partial charge >= 0.3 is 0 Å². The van der Waals surface area contributed by atoms with Gasteiger partial charge in [0.05, 0.1) is 26.0 Å². The predicted octanol–water partition coefficient (Wildman–Crippen LogP) is 5.45. The molecule has 1 amide bonds. The highest BCUT2D eigenvalue weighted by Gasteiger charge is 2.52. The zero-order valence-corrected chi connectivity index (χ0v) is 19.4. The van der Waals surface area contributed by atoms with Crippen molar-refractivity contribution < 1.29 is 14.3 Å². The second-order valence-electron chi connectivity index (χ2n) is 10.4. The van der Waals surface area contributed by atoms with Crippen molar-refractivity contribution >= 4 is 11.6 Å². The Morgan fingerprint density at radius 3 is 2.18 bits per heavy atom. The minimum Gasteiger partial charge on any atom is -0.497 e. The molecule has 4 saturated carbocycles. The van der Waals surface area contributed by atoms with E-state index < -0.39 is 0 Å². The van der Waals surface area contributed by atoms with Crippen molar-refractivity contribution in [3.63, 3.8) is 0 Å². The molecule has 5 heteroatoms. The Bertz CT molecular complexity index is 1050. The molecule has 0 radical (unpaired) electrons. The highest BCUT2D eigenvalue weighted by atomic mass is 16.5. The third-order valence-electron chi connectivity index (χ3n) is 8.55. The van der Waals surface area contributed by atoms with Crippen LogP contribution in [0.5, 0.6) is 11.5 Å². The zero-order valence-electron chi connectivity index (χ0n) is 19.4. The Labute approximate surface area is 195 Å². The summed E-state index contributed by atoms with van der Waals surface area (Å²) in [5.74, 6) is 4.78. The van der Waals surface area contributed by atoms with Crippen molar-refractivity contribution in [2.45, 2.75) is 44.6 Å². The van der Waals surface area contributed by atoms with E-state index in [0.29, 0.717) is 18.3 Å². The van der Waals surface area contributed by atoms with Gasteiger partial charge in [0.1, 0.15) is 11.5 Å². The number of benzene rings is 2. The van der Waals surface area contributed by atoms with Crippen LogP contribution in [0.3, 0.4) is 0 Å². The molecule has 1 atom stereocenters. The molecular formula is C28H32N2O3. The van der Waals surface area contributed by atoms with Gasteiger partial charge in [0, 0.05) is 12.3 Å². The van der Waals surface area contributed by atoms with E-state index in [1.807, 2.05) is 47.5 Å². The number of amides is 1. The molecule has 2 aromatic carbocycles. The zero-order chi connectivity index (χ0) is 22.5. The molecule has 7 rings (SSSR count). The lowest BCUT2D eigenvalue weighted by atomic mass is 9.51. The number of rotatable bonds is 5. The second kappa shape index (κ2) is 8.19. The largest absolute Gasteiger partial charge is 0.497 e. The maximum Gasteiger partial charge on any atom is 0.246 e. The summed E-state index contributed by atoms with van der Waals surface area (Å²) in [6, 6.07) is 16.0. The SMILES string of the molecule is COc1ccc(C2=NN(C(=O)C3C4CC5CC(C4)CC3C5)[C@@H](c3cccc(OC)c3)C2)cc1. The number of ether oxygens (including phenoxy) is 2. The standard InChI is InChI=1S/C28H32N2O3/c1-32-23-8-6-19(7-9-23)25-16-26(20-4-3-5-24(15-20)33-2)30(29-25)28(31)27-21-11-17-10-18(13-21)14-22(27)12-17/h3-9,15,17-18,21-22,26-27H,10-14,16H2,1-2H3/t17?,18?,21?,22?,26-,27?/m1/s1. The maximum absolute atomic E-state index is 14.1. The van der Waals surface area contributed by atoms with E-state index >= 15 is 0 Å². The molecule has 4 bridgehead atoms. The Kier molecular flexibility index (Phi) is 5.16. The molecule has 2 aromatic rings. The van der Waals surface area contributed by atoms with E-state index in [9.17, 15) is 4.79 Å². The monoisotopic (exact) mass is 444 g/mol. The van der Waals surface area contributed by atoms with E-state index in [1.165, 1.54) is 32.1 Å². The van der Waals surface area contributed by atoms with Gasteiger partial charge < -0.3 is 9.47 Å². The van der Waals surface area contributed by atoms with Crippen LogP contribution in [0, 0.1) is 29.6 Å². The number of carbonyl (C=O) groups excluding carboxylic acids is 1. The Morgan fingerprint density at radius 1 is 0.879 bits per heavy atom. The predicted molar refractivity (Wildman–Crippen MR) is 127 cm³/mol. The number of hydrazone groups is 1. The van der Waals surface area contributed by atoms with Gasteiger partial charge in [-0.3, -0.25) is 4.79 Å². The van der Waals surface area contributed by atoms with E-state index in [2.05, 4.69) is 6.07 Å². The molecule has 4 fully saturated rings. The summed E-state index contributed by atoms with van der Waals surface area (Å²) in [4.78, 5) is 14.1. The maximum atomic E-state index is 14.1. The van der Waals surface area contributed by atoms with Gasteiger partial charge in [-0.05, 0) is 103 Å². The molecule has 1 heterocycles. The van der Waals surface area contributed by atoms with E-state index in [4.69, 9.17) is 14.6 Å². The minimum atomic E-state index is -0.0955. The highest BCUT2D eigenvalue weighted by Crippen LogP contribution is 2.57.